The lowest BCUT2D eigenvalue weighted by atomic mass is 10.2. The van der Waals surface area contributed by atoms with Crippen molar-refractivity contribution in [3.8, 4) is 16.2 Å². The molecule has 0 fully saturated rings. The van der Waals surface area contributed by atoms with Gasteiger partial charge in [0.05, 0.1) is 15.1 Å². The van der Waals surface area contributed by atoms with Crippen molar-refractivity contribution in [2.45, 2.75) is 11.3 Å². The zero-order chi connectivity index (χ0) is 19.7. The molecule has 0 saturated carbocycles. The van der Waals surface area contributed by atoms with E-state index in [4.69, 9.17) is 0 Å². The molecule has 0 bridgehead atoms. The molecule has 0 spiro atoms. The molecule has 0 unspecified atom stereocenters. The van der Waals surface area contributed by atoms with Gasteiger partial charge in [-0.15, -0.1) is 24.5 Å². The number of benzene rings is 2. The average Bonchev–Trinajstić information content (AvgIpc) is 3.11. The molecule has 0 aliphatic carbocycles. The Balaban J connectivity index is 1.79. The summed E-state index contributed by atoms with van der Waals surface area (Å²) in [5, 5.41) is 1.92. The van der Waals surface area contributed by atoms with Crippen LogP contribution in [0, 0.1) is 0 Å². The van der Waals surface area contributed by atoms with Crippen LogP contribution < -0.4 is 9.46 Å². The summed E-state index contributed by atoms with van der Waals surface area (Å²) in [5.41, 5.74) is 0.985. The number of anilines is 1. The second-order valence-corrected chi connectivity index (χ2v) is 8.78. The van der Waals surface area contributed by atoms with Crippen LogP contribution >= 0.6 is 27.3 Å². The van der Waals surface area contributed by atoms with E-state index >= 15 is 0 Å². The van der Waals surface area contributed by atoms with E-state index in [9.17, 15) is 21.6 Å². The summed E-state index contributed by atoms with van der Waals surface area (Å²) in [4.78, 5) is 1.05. The molecular weight excluding hydrogens is 467 g/mol. The molecule has 0 amide bonds. The summed E-state index contributed by atoms with van der Waals surface area (Å²) >= 11 is 4.47. The largest absolute Gasteiger partial charge is 0.573 e. The van der Waals surface area contributed by atoms with E-state index in [-0.39, 0.29) is 15.1 Å². The summed E-state index contributed by atoms with van der Waals surface area (Å²) in [6.07, 6.45) is -4.84. The molecule has 10 heteroatoms. The van der Waals surface area contributed by atoms with E-state index < -0.39 is 22.1 Å². The Morgan fingerprint density at radius 1 is 1.04 bits per heavy atom. The van der Waals surface area contributed by atoms with E-state index in [1.807, 2.05) is 17.5 Å². The number of sulfonamides is 1. The van der Waals surface area contributed by atoms with Crippen molar-refractivity contribution in [2.24, 2.45) is 0 Å². The topological polar surface area (TPSA) is 55.4 Å². The molecule has 142 valence electrons. The highest BCUT2D eigenvalue weighted by molar-refractivity contribution is 9.10. The first-order valence-electron chi connectivity index (χ1n) is 7.36. The Morgan fingerprint density at radius 3 is 2.30 bits per heavy atom. The van der Waals surface area contributed by atoms with Crippen LogP contribution in [-0.4, -0.2) is 14.8 Å². The van der Waals surface area contributed by atoms with E-state index in [0.717, 1.165) is 16.5 Å². The maximum Gasteiger partial charge on any atom is 0.573 e. The van der Waals surface area contributed by atoms with Crippen LogP contribution in [0.4, 0.5) is 18.9 Å². The predicted molar refractivity (Wildman–Crippen MR) is 101 cm³/mol. The van der Waals surface area contributed by atoms with Gasteiger partial charge in [0, 0.05) is 4.88 Å². The van der Waals surface area contributed by atoms with Gasteiger partial charge in [0.2, 0.25) is 0 Å². The monoisotopic (exact) mass is 477 g/mol. The van der Waals surface area contributed by atoms with Crippen LogP contribution in [0.5, 0.6) is 5.75 Å². The molecule has 0 atom stereocenters. The molecule has 1 N–H and O–H groups in total. The third kappa shape index (κ3) is 5.02. The minimum absolute atomic E-state index is 0.0342. The lowest BCUT2D eigenvalue weighted by Gasteiger charge is -2.13. The van der Waals surface area contributed by atoms with Gasteiger partial charge in [-0.2, -0.15) is 0 Å². The molecule has 1 heterocycles. The van der Waals surface area contributed by atoms with Crippen LogP contribution in [0.1, 0.15) is 0 Å². The van der Waals surface area contributed by atoms with Crippen LogP contribution in [0.15, 0.2) is 69.3 Å². The van der Waals surface area contributed by atoms with Crippen LogP contribution in [0.2, 0.25) is 0 Å². The zero-order valence-electron chi connectivity index (χ0n) is 13.3. The van der Waals surface area contributed by atoms with Crippen molar-refractivity contribution in [3.63, 3.8) is 0 Å². The summed E-state index contributed by atoms with van der Waals surface area (Å²) < 4.78 is 68.0. The first-order valence-corrected chi connectivity index (χ1v) is 10.5. The van der Waals surface area contributed by atoms with Gasteiger partial charge < -0.3 is 4.74 Å². The van der Waals surface area contributed by atoms with Crippen molar-refractivity contribution in [1.82, 2.24) is 0 Å². The van der Waals surface area contributed by atoms with Crippen molar-refractivity contribution in [3.05, 3.63) is 64.5 Å². The molecule has 0 aliphatic heterocycles. The molecule has 0 saturated heterocycles. The first-order chi connectivity index (χ1) is 12.6. The molecule has 4 nitrogen and oxygen atoms in total. The molecule has 3 aromatic rings. The third-order valence-electron chi connectivity index (χ3n) is 3.38. The van der Waals surface area contributed by atoms with Crippen LogP contribution in [0.25, 0.3) is 10.4 Å². The predicted octanol–water partition coefficient (Wildman–Crippen LogP) is 5.88. The molecule has 27 heavy (non-hydrogen) atoms. The zero-order valence-corrected chi connectivity index (χ0v) is 16.5. The second-order valence-electron chi connectivity index (χ2n) is 5.30. The maximum absolute atomic E-state index is 12.5. The number of halogens is 4. The fourth-order valence-corrected chi connectivity index (χ4v) is 4.47. The Hall–Kier alpha value is -2.04. The highest BCUT2D eigenvalue weighted by atomic mass is 79.9. The number of thiophene rings is 1. The summed E-state index contributed by atoms with van der Waals surface area (Å²) in [6, 6.07) is 13.5. The highest BCUT2D eigenvalue weighted by Gasteiger charge is 2.32. The fraction of sp³-hybridized carbons (Fsp3) is 0.0588. The van der Waals surface area contributed by atoms with E-state index in [1.54, 1.807) is 12.1 Å². The van der Waals surface area contributed by atoms with Gasteiger partial charge >= 0.3 is 6.36 Å². The number of hydrogen-bond donors (Lipinski definition) is 1. The minimum atomic E-state index is -4.84. The summed E-state index contributed by atoms with van der Waals surface area (Å²) in [5.74, 6) is -0.467. The molecule has 2 aromatic carbocycles. The number of rotatable bonds is 5. The van der Waals surface area contributed by atoms with Crippen LogP contribution in [-0.2, 0) is 10.0 Å². The molecule has 1 aromatic heterocycles. The Morgan fingerprint density at radius 2 is 1.74 bits per heavy atom. The van der Waals surface area contributed by atoms with Gasteiger partial charge in [0.25, 0.3) is 10.0 Å². The van der Waals surface area contributed by atoms with Gasteiger partial charge in [-0.25, -0.2) is 8.42 Å². The van der Waals surface area contributed by atoms with Crippen molar-refractivity contribution in [2.75, 3.05) is 4.72 Å². The Labute approximate surface area is 165 Å². The maximum atomic E-state index is 12.5. The lowest BCUT2D eigenvalue weighted by molar-refractivity contribution is -0.274. The quantitative estimate of drug-likeness (QED) is 0.499. The Bertz CT molecular complexity index is 1030. The summed E-state index contributed by atoms with van der Waals surface area (Å²) in [6.45, 7) is 0. The number of hydrogen-bond acceptors (Lipinski definition) is 4. The van der Waals surface area contributed by atoms with Gasteiger partial charge in [0.1, 0.15) is 5.75 Å². The SMILES string of the molecule is O=S(=O)(Nc1ccc(OC(F)(F)F)c(Br)c1)c1ccc(-c2cccs2)cc1. The number of alkyl halides is 3. The highest BCUT2D eigenvalue weighted by Crippen LogP contribution is 2.33. The second kappa shape index (κ2) is 7.53. The first kappa shape index (κ1) is 19.7. The van der Waals surface area contributed by atoms with E-state index in [2.05, 4.69) is 25.4 Å². The smallest absolute Gasteiger partial charge is 0.405 e. The van der Waals surface area contributed by atoms with Crippen molar-refractivity contribution < 1.29 is 26.3 Å². The van der Waals surface area contributed by atoms with E-state index in [1.165, 1.54) is 35.6 Å². The van der Waals surface area contributed by atoms with E-state index in [0.29, 0.717) is 0 Å². The standard InChI is InChI=1S/C17H11BrF3NO3S2/c18-14-10-12(5-8-15(14)25-17(19,20)21)22-27(23,24)13-6-3-11(4-7-13)16-2-1-9-26-16/h1-10,22H. The lowest BCUT2D eigenvalue weighted by Crippen LogP contribution is -2.17. The molecular formula is C17H11BrF3NO3S2. The normalized spacial score (nSPS) is 12.0. The van der Waals surface area contributed by atoms with Crippen LogP contribution in [0.3, 0.4) is 0 Å². The molecule has 0 aliphatic rings. The number of ether oxygens (including phenoxy) is 1. The third-order valence-corrected chi connectivity index (χ3v) is 6.32. The van der Waals surface area contributed by atoms with Gasteiger partial charge in [-0.3, -0.25) is 4.72 Å². The molecule has 0 radical (unpaired) electrons. The Kier molecular flexibility index (Phi) is 5.50. The minimum Gasteiger partial charge on any atom is -0.405 e. The van der Waals surface area contributed by atoms with Gasteiger partial charge in [0.15, 0.2) is 0 Å². The molecule has 3 rings (SSSR count). The summed E-state index contributed by atoms with van der Waals surface area (Å²) in [7, 11) is -3.89. The van der Waals surface area contributed by atoms with Gasteiger partial charge in [-0.05, 0) is 63.3 Å². The van der Waals surface area contributed by atoms with Crippen molar-refractivity contribution in [1.29, 1.82) is 0 Å². The van der Waals surface area contributed by atoms with Gasteiger partial charge in [-0.1, -0.05) is 18.2 Å². The number of nitrogens with one attached hydrogen (secondary N) is 1. The van der Waals surface area contributed by atoms with Crippen molar-refractivity contribution >= 4 is 43.0 Å². The average molecular weight is 478 g/mol. The fourth-order valence-electron chi connectivity index (χ4n) is 2.23.